The lowest BCUT2D eigenvalue weighted by atomic mass is 10.4. The van der Waals surface area contributed by atoms with E-state index in [1.165, 1.54) is 11.3 Å². The molecule has 0 radical (unpaired) electrons. The zero-order valence-electron chi connectivity index (χ0n) is 8.67. The molecule has 8 heteroatoms. The molecule has 2 heterocycles. The van der Waals surface area contributed by atoms with E-state index in [1.54, 1.807) is 17.4 Å². The minimum absolute atomic E-state index is 0.0310. The lowest BCUT2D eigenvalue weighted by Gasteiger charge is -2.01. The average molecular weight is 290 g/mol. The number of sulfonamides is 1. The van der Waals surface area contributed by atoms with Gasteiger partial charge in [0.15, 0.2) is 0 Å². The number of amides is 1. The van der Waals surface area contributed by atoms with E-state index in [0.717, 1.165) is 9.40 Å². The van der Waals surface area contributed by atoms with Crippen LogP contribution in [0.5, 0.6) is 0 Å². The van der Waals surface area contributed by atoms with Crippen molar-refractivity contribution in [3.05, 3.63) is 22.4 Å². The van der Waals surface area contributed by atoms with Crippen molar-refractivity contribution in [3.63, 3.8) is 0 Å². The quantitative estimate of drug-likeness (QED) is 0.879. The zero-order chi connectivity index (χ0) is 12.5. The first kappa shape index (κ1) is 12.5. The van der Waals surface area contributed by atoms with Gasteiger partial charge in [0.2, 0.25) is 10.0 Å². The normalized spacial score (nSPS) is 11.8. The van der Waals surface area contributed by atoms with E-state index in [9.17, 15) is 13.2 Å². The summed E-state index contributed by atoms with van der Waals surface area (Å²) in [7, 11) is -3.53. The Morgan fingerprint density at radius 2 is 2.18 bits per heavy atom. The summed E-state index contributed by atoms with van der Waals surface area (Å²) in [6.07, 6.45) is 0. The smallest absolute Gasteiger partial charge is 0.261 e. The van der Waals surface area contributed by atoms with Crippen LogP contribution in [0.2, 0.25) is 0 Å². The Hall–Kier alpha value is -0.960. The Morgan fingerprint density at radius 1 is 1.41 bits per heavy atom. The maximum atomic E-state index is 11.7. The number of fused-ring (bicyclic) bond motifs is 1. The van der Waals surface area contributed by atoms with E-state index >= 15 is 0 Å². The van der Waals surface area contributed by atoms with Crippen LogP contribution in [0.4, 0.5) is 0 Å². The number of primary sulfonamides is 1. The van der Waals surface area contributed by atoms with Crippen LogP contribution >= 0.6 is 22.7 Å². The molecule has 0 aliphatic rings. The summed E-state index contributed by atoms with van der Waals surface area (Å²) in [4.78, 5) is 12.3. The van der Waals surface area contributed by atoms with Crippen molar-refractivity contribution in [1.82, 2.24) is 5.32 Å². The van der Waals surface area contributed by atoms with Crippen LogP contribution in [-0.2, 0) is 10.0 Å². The molecule has 0 spiro atoms. The molecule has 0 bridgehead atoms. The maximum Gasteiger partial charge on any atom is 0.261 e. The monoisotopic (exact) mass is 290 g/mol. The van der Waals surface area contributed by atoms with Gasteiger partial charge < -0.3 is 5.32 Å². The molecule has 0 atom stereocenters. The zero-order valence-corrected chi connectivity index (χ0v) is 11.1. The first-order valence-corrected chi connectivity index (χ1v) is 8.12. The number of rotatable bonds is 4. The van der Waals surface area contributed by atoms with E-state index in [1.807, 2.05) is 11.4 Å². The number of thiophene rings is 2. The Morgan fingerprint density at radius 3 is 2.82 bits per heavy atom. The number of hydrogen-bond acceptors (Lipinski definition) is 5. The van der Waals surface area contributed by atoms with Crippen molar-refractivity contribution in [3.8, 4) is 0 Å². The van der Waals surface area contributed by atoms with Crippen LogP contribution in [0.15, 0.2) is 17.5 Å². The highest BCUT2D eigenvalue weighted by Crippen LogP contribution is 2.29. The summed E-state index contributed by atoms with van der Waals surface area (Å²) in [5.41, 5.74) is 0. The molecule has 0 saturated carbocycles. The molecule has 0 aromatic carbocycles. The molecule has 0 aliphatic carbocycles. The number of nitrogens with one attached hydrogen (secondary N) is 1. The van der Waals surface area contributed by atoms with Gasteiger partial charge in [0.25, 0.3) is 5.91 Å². The van der Waals surface area contributed by atoms with Crippen molar-refractivity contribution in [1.29, 1.82) is 0 Å². The number of hydrogen-bond donors (Lipinski definition) is 2. The Balaban J connectivity index is 1.99. The standard InChI is InChI=1S/C9H10N2O3S3/c10-17(13,14)4-2-11-9(12)8-5-7-6(16-8)1-3-15-7/h1,3,5H,2,4H2,(H,11,12)(H2,10,13,14). The third kappa shape index (κ3) is 3.25. The van der Waals surface area contributed by atoms with Crippen LogP contribution < -0.4 is 10.5 Å². The Labute approximate surface area is 106 Å². The fourth-order valence-electron chi connectivity index (χ4n) is 1.27. The van der Waals surface area contributed by atoms with Gasteiger partial charge in [-0.25, -0.2) is 13.6 Å². The van der Waals surface area contributed by atoms with Gasteiger partial charge in [0.05, 0.1) is 10.6 Å². The van der Waals surface area contributed by atoms with E-state index in [-0.39, 0.29) is 18.2 Å². The molecular weight excluding hydrogens is 280 g/mol. The minimum Gasteiger partial charge on any atom is -0.350 e. The molecule has 0 unspecified atom stereocenters. The predicted molar refractivity (Wildman–Crippen MR) is 70.0 cm³/mol. The van der Waals surface area contributed by atoms with Crippen molar-refractivity contribution < 1.29 is 13.2 Å². The topological polar surface area (TPSA) is 89.3 Å². The van der Waals surface area contributed by atoms with Crippen molar-refractivity contribution >= 4 is 48.0 Å². The average Bonchev–Trinajstić information content (AvgIpc) is 2.73. The van der Waals surface area contributed by atoms with E-state index in [4.69, 9.17) is 5.14 Å². The summed E-state index contributed by atoms with van der Waals surface area (Å²) < 4.78 is 23.5. The Bertz CT molecular complexity index is 613. The van der Waals surface area contributed by atoms with Crippen molar-refractivity contribution in [2.75, 3.05) is 12.3 Å². The highest BCUT2D eigenvalue weighted by Gasteiger charge is 2.11. The molecule has 17 heavy (non-hydrogen) atoms. The molecule has 2 aromatic rings. The first-order chi connectivity index (χ1) is 7.96. The molecule has 1 amide bonds. The third-order valence-corrected chi connectivity index (χ3v) is 4.90. The van der Waals surface area contributed by atoms with E-state index in [0.29, 0.717) is 4.88 Å². The third-order valence-electron chi connectivity index (χ3n) is 2.04. The number of nitrogens with two attached hydrogens (primary N) is 1. The second-order valence-corrected chi connectivity index (χ2v) is 7.15. The van der Waals surface area contributed by atoms with Gasteiger partial charge in [-0.3, -0.25) is 4.79 Å². The van der Waals surface area contributed by atoms with Crippen LogP contribution in [0.1, 0.15) is 9.67 Å². The summed E-state index contributed by atoms with van der Waals surface area (Å²) in [6, 6.07) is 3.75. The van der Waals surface area contributed by atoms with Crippen LogP contribution in [-0.4, -0.2) is 26.6 Å². The molecule has 2 aromatic heterocycles. The molecule has 3 N–H and O–H groups in total. The fraction of sp³-hybridized carbons (Fsp3) is 0.222. The molecule has 92 valence electrons. The number of carbonyl (C=O) groups is 1. The highest BCUT2D eigenvalue weighted by atomic mass is 32.2. The van der Waals surface area contributed by atoms with Gasteiger partial charge in [0, 0.05) is 15.9 Å². The van der Waals surface area contributed by atoms with E-state index in [2.05, 4.69) is 5.32 Å². The molecule has 0 fully saturated rings. The SMILES string of the molecule is NS(=O)(=O)CCNC(=O)c1cc2sccc2s1. The van der Waals surface area contributed by atoms with Crippen molar-refractivity contribution in [2.24, 2.45) is 5.14 Å². The summed E-state index contributed by atoms with van der Waals surface area (Å²) in [5, 5.41) is 9.32. The summed E-state index contributed by atoms with van der Waals surface area (Å²) >= 11 is 2.96. The molecule has 5 nitrogen and oxygen atoms in total. The fourth-order valence-corrected chi connectivity index (χ4v) is 3.68. The van der Waals surface area contributed by atoms with Gasteiger partial charge in [-0.1, -0.05) is 0 Å². The predicted octanol–water partition coefficient (Wildman–Crippen LogP) is 0.981. The maximum absolute atomic E-state index is 11.7. The minimum atomic E-state index is -3.53. The second kappa shape index (κ2) is 4.73. The van der Waals surface area contributed by atoms with E-state index < -0.39 is 10.0 Å². The Kier molecular flexibility index (Phi) is 3.48. The van der Waals surface area contributed by atoms with Gasteiger partial charge in [-0.15, -0.1) is 22.7 Å². The summed E-state index contributed by atoms with van der Waals surface area (Å²) in [5.74, 6) is -0.513. The van der Waals surface area contributed by atoms with Crippen LogP contribution in [0, 0.1) is 0 Å². The van der Waals surface area contributed by atoms with Crippen molar-refractivity contribution in [2.45, 2.75) is 0 Å². The first-order valence-electron chi connectivity index (χ1n) is 4.71. The lowest BCUT2D eigenvalue weighted by molar-refractivity contribution is 0.0960. The molecule has 0 aliphatic heterocycles. The highest BCUT2D eigenvalue weighted by molar-refractivity contribution is 7.89. The van der Waals surface area contributed by atoms with Gasteiger partial charge >= 0.3 is 0 Å². The molecule has 2 rings (SSSR count). The summed E-state index contributed by atoms with van der Waals surface area (Å²) in [6.45, 7) is 0.0310. The number of carbonyl (C=O) groups excluding carboxylic acids is 1. The van der Waals surface area contributed by atoms with Crippen LogP contribution in [0.25, 0.3) is 9.40 Å². The van der Waals surface area contributed by atoms with Crippen LogP contribution in [0.3, 0.4) is 0 Å². The molecule has 0 saturated heterocycles. The van der Waals surface area contributed by atoms with Gasteiger partial charge in [0.1, 0.15) is 0 Å². The lowest BCUT2D eigenvalue weighted by Crippen LogP contribution is -2.31. The molecular formula is C9H10N2O3S3. The second-order valence-electron chi connectivity index (χ2n) is 3.38. The van der Waals surface area contributed by atoms with Gasteiger partial charge in [-0.05, 0) is 17.5 Å². The largest absolute Gasteiger partial charge is 0.350 e. The van der Waals surface area contributed by atoms with Gasteiger partial charge in [-0.2, -0.15) is 0 Å².